The Morgan fingerprint density at radius 1 is 1.05 bits per heavy atom. The minimum Gasteiger partial charge on any atom is -0.388 e. The Balaban J connectivity index is 1.83. The lowest BCUT2D eigenvalue weighted by atomic mass is 9.97. The number of nitrogens with zero attached hydrogens (tertiary/aromatic N) is 3. The molecule has 5 heteroatoms. The smallest absolute Gasteiger partial charge is 0.232 e. The van der Waals surface area contributed by atoms with Gasteiger partial charge in [0.2, 0.25) is 11.7 Å². The molecule has 0 saturated carbocycles. The molecule has 0 fully saturated rings. The summed E-state index contributed by atoms with van der Waals surface area (Å²) in [5.74, 6) is 0.633. The summed E-state index contributed by atoms with van der Waals surface area (Å²) in [6.45, 7) is 1.86. The SMILES string of the molecule is CC(c1nc(-c2ccncc2)no1)C(O)c1ccccc1. The molecule has 21 heavy (non-hydrogen) atoms. The van der Waals surface area contributed by atoms with Crippen LogP contribution in [-0.4, -0.2) is 20.2 Å². The fourth-order valence-corrected chi connectivity index (χ4v) is 2.11. The predicted molar refractivity (Wildman–Crippen MR) is 77.3 cm³/mol. The van der Waals surface area contributed by atoms with E-state index in [9.17, 15) is 5.11 Å². The summed E-state index contributed by atoms with van der Waals surface area (Å²) < 4.78 is 5.28. The van der Waals surface area contributed by atoms with E-state index in [1.807, 2.05) is 49.4 Å². The van der Waals surface area contributed by atoms with Gasteiger partial charge >= 0.3 is 0 Å². The third-order valence-corrected chi connectivity index (χ3v) is 3.38. The maximum absolute atomic E-state index is 10.4. The van der Waals surface area contributed by atoms with Gasteiger partial charge in [0.25, 0.3) is 0 Å². The maximum Gasteiger partial charge on any atom is 0.232 e. The average molecular weight is 281 g/mol. The molecule has 1 N–H and O–H groups in total. The first-order chi connectivity index (χ1) is 10.3. The molecule has 106 valence electrons. The van der Waals surface area contributed by atoms with E-state index in [-0.39, 0.29) is 5.92 Å². The summed E-state index contributed by atoms with van der Waals surface area (Å²) in [5.41, 5.74) is 1.66. The highest BCUT2D eigenvalue weighted by Crippen LogP contribution is 2.30. The van der Waals surface area contributed by atoms with Gasteiger partial charge in [-0.1, -0.05) is 42.4 Å². The zero-order chi connectivity index (χ0) is 14.7. The van der Waals surface area contributed by atoms with Gasteiger partial charge in [-0.15, -0.1) is 0 Å². The van der Waals surface area contributed by atoms with Gasteiger partial charge in [-0.05, 0) is 17.7 Å². The van der Waals surface area contributed by atoms with E-state index < -0.39 is 6.10 Å². The summed E-state index contributed by atoms with van der Waals surface area (Å²) in [6.07, 6.45) is 2.67. The molecule has 0 bridgehead atoms. The van der Waals surface area contributed by atoms with Gasteiger partial charge in [0.1, 0.15) is 0 Å². The van der Waals surface area contributed by atoms with Crippen molar-refractivity contribution in [1.82, 2.24) is 15.1 Å². The number of benzene rings is 1. The molecule has 1 aromatic carbocycles. The highest BCUT2D eigenvalue weighted by Gasteiger charge is 2.24. The van der Waals surface area contributed by atoms with E-state index in [1.165, 1.54) is 0 Å². The van der Waals surface area contributed by atoms with E-state index in [1.54, 1.807) is 12.4 Å². The van der Waals surface area contributed by atoms with Crippen molar-refractivity contribution in [2.24, 2.45) is 0 Å². The van der Waals surface area contributed by atoms with Gasteiger partial charge in [-0.2, -0.15) is 4.98 Å². The second-order valence-electron chi connectivity index (χ2n) is 4.84. The van der Waals surface area contributed by atoms with E-state index in [0.717, 1.165) is 11.1 Å². The number of pyridine rings is 1. The van der Waals surface area contributed by atoms with E-state index in [4.69, 9.17) is 4.52 Å². The normalized spacial score (nSPS) is 13.8. The maximum atomic E-state index is 10.4. The van der Waals surface area contributed by atoms with Crippen LogP contribution in [0.5, 0.6) is 0 Å². The van der Waals surface area contributed by atoms with Crippen LogP contribution in [0.1, 0.15) is 30.4 Å². The molecule has 0 amide bonds. The van der Waals surface area contributed by atoms with Crippen molar-refractivity contribution < 1.29 is 9.63 Å². The summed E-state index contributed by atoms with van der Waals surface area (Å²) in [4.78, 5) is 8.32. The van der Waals surface area contributed by atoms with Crippen molar-refractivity contribution in [1.29, 1.82) is 0 Å². The summed E-state index contributed by atoms with van der Waals surface area (Å²) >= 11 is 0. The van der Waals surface area contributed by atoms with Gasteiger partial charge in [-0.25, -0.2) is 0 Å². The number of aromatic nitrogens is 3. The van der Waals surface area contributed by atoms with Crippen molar-refractivity contribution in [3.8, 4) is 11.4 Å². The van der Waals surface area contributed by atoms with Crippen LogP contribution in [0.25, 0.3) is 11.4 Å². The van der Waals surface area contributed by atoms with Crippen molar-refractivity contribution >= 4 is 0 Å². The highest BCUT2D eigenvalue weighted by atomic mass is 16.5. The molecular formula is C16H15N3O2. The van der Waals surface area contributed by atoms with Crippen molar-refractivity contribution in [3.05, 3.63) is 66.3 Å². The first kappa shape index (κ1) is 13.5. The molecule has 2 heterocycles. The first-order valence-electron chi connectivity index (χ1n) is 6.72. The minimum atomic E-state index is -0.683. The molecule has 0 aliphatic carbocycles. The van der Waals surface area contributed by atoms with Crippen LogP contribution in [0, 0.1) is 0 Å². The van der Waals surface area contributed by atoms with Crippen LogP contribution in [0.3, 0.4) is 0 Å². The Kier molecular flexibility index (Phi) is 3.75. The Morgan fingerprint density at radius 3 is 2.48 bits per heavy atom. The summed E-state index contributed by atoms with van der Waals surface area (Å²) in [5, 5.41) is 14.3. The molecule has 5 nitrogen and oxygen atoms in total. The van der Waals surface area contributed by atoms with Crippen LogP contribution >= 0.6 is 0 Å². The number of rotatable bonds is 4. The van der Waals surface area contributed by atoms with Crippen LogP contribution in [0.15, 0.2) is 59.4 Å². The van der Waals surface area contributed by atoms with Crippen LogP contribution in [0.2, 0.25) is 0 Å². The fourth-order valence-electron chi connectivity index (χ4n) is 2.11. The number of aliphatic hydroxyl groups is 1. The lowest BCUT2D eigenvalue weighted by Crippen LogP contribution is -2.07. The molecule has 0 aliphatic rings. The number of hydrogen-bond donors (Lipinski definition) is 1. The molecule has 0 radical (unpaired) electrons. The van der Waals surface area contributed by atoms with Crippen LogP contribution in [0.4, 0.5) is 0 Å². The molecule has 3 aromatic rings. The van der Waals surface area contributed by atoms with Crippen LogP contribution in [-0.2, 0) is 0 Å². The molecule has 2 atom stereocenters. The highest BCUT2D eigenvalue weighted by molar-refractivity contribution is 5.52. The van der Waals surface area contributed by atoms with Gasteiger partial charge in [0, 0.05) is 18.0 Å². The number of hydrogen-bond acceptors (Lipinski definition) is 5. The molecule has 2 aromatic heterocycles. The largest absolute Gasteiger partial charge is 0.388 e. The third-order valence-electron chi connectivity index (χ3n) is 3.38. The van der Waals surface area contributed by atoms with E-state index in [2.05, 4.69) is 15.1 Å². The van der Waals surface area contributed by atoms with Gasteiger partial charge in [0.05, 0.1) is 12.0 Å². The average Bonchev–Trinajstić information content (AvgIpc) is 3.05. The van der Waals surface area contributed by atoms with Gasteiger partial charge in [-0.3, -0.25) is 4.98 Å². The first-order valence-corrected chi connectivity index (χ1v) is 6.72. The molecule has 0 saturated heterocycles. The van der Waals surface area contributed by atoms with Crippen LogP contribution < -0.4 is 0 Å². The van der Waals surface area contributed by atoms with Crippen molar-refractivity contribution in [3.63, 3.8) is 0 Å². The Bertz CT molecular complexity index is 698. The van der Waals surface area contributed by atoms with Gasteiger partial charge < -0.3 is 9.63 Å². The molecular weight excluding hydrogens is 266 g/mol. The van der Waals surface area contributed by atoms with Crippen molar-refractivity contribution in [2.75, 3.05) is 0 Å². The predicted octanol–water partition coefficient (Wildman–Crippen LogP) is 2.97. The summed E-state index contributed by atoms with van der Waals surface area (Å²) in [7, 11) is 0. The molecule has 2 unspecified atom stereocenters. The summed E-state index contributed by atoms with van der Waals surface area (Å²) in [6, 6.07) is 13.1. The standard InChI is InChI=1S/C16H15N3O2/c1-11(14(20)12-5-3-2-4-6-12)16-18-15(19-21-16)13-7-9-17-10-8-13/h2-11,14,20H,1H3. The number of aliphatic hydroxyl groups excluding tert-OH is 1. The minimum absolute atomic E-state index is 0.282. The molecule has 0 spiro atoms. The topological polar surface area (TPSA) is 72.0 Å². The van der Waals surface area contributed by atoms with E-state index in [0.29, 0.717) is 11.7 Å². The molecule has 3 rings (SSSR count). The lowest BCUT2D eigenvalue weighted by molar-refractivity contribution is 0.135. The van der Waals surface area contributed by atoms with E-state index >= 15 is 0 Å². The zero-order valence-electron chi connectivity index (χ0n) is 11.5. The van der Waals surface area contributed by atoms with Gasteiger partial charge in [0.15, 0.2) is 0 Å². The fraction of sp³-hybridized carbons (Fsp3) is 0.188. The van der Waals surface area contributed by atoms with Crippen molar-refractivity contribution in [2.45, 2.75) is 18.9 Å². The lowest BCUT2D eigenvalue weighted by Gasteiger charge is -2.15. The Labute approximate surface area is 122 Å². The third kappa shape index (κ3) is 2.83. The second-order valence-corrected chi connectivity index (χ2v) is 4.84. The Morgan fingerprint density at radius 2 is 1.76 bits per heavy atom. The quantitative estimate of drug-likeness (QED) is 0.796. The monoisotopic (exact) mass is 281 g/mol. The Hall–Kier alpha value is -2.53. The second kappa shape index (κ2) is 5.85. The molecule has 0 aliphatic heterocycles. The zero-order valence-corrected chi connectivity index (χ0v) is 11.5.